The quantitative estimate of drug-likeness (QED) is 0.524. The van der Waals surface area contributed by atoms with Crippen LogP contribution in [0.3, 0.4) is 0 Å². The van der Waals surface area contributed by atoms with Crippen LogP contribution in [0.25, 0.3) is 21.9 Å². The van der Waals surface area contributed by atoms with Crippen molar-refractivity contribution >= 4 is 21.9 Å². The molecule has 2 aromatic heterocycles. The second kappa shape index (κ2) is 2.73. The molecule has 74 valence electrons. The van der Waals surface area contributed by atoms with Crippen LogP contribution in [-0.4, -0.2) is 0 Å². The maximum atomic E-state index is 11.0. The Balaban J connectivity index is 2.51. The Labute approximate surface area is 84.9 Å². The first kappa shape index (κ1) is 8.29. The van der Waals surface area contributed by atoms with Gasteiger partial charge in [0.1, 0.15) is 16.9 Å². The predicted molar refractivity (Wildman–Crippen MR) is 57.0 cm³/mol. The van der Waals surface area contributed by atoms with Crippen molar-refractivity contribution in [3.05, 3.63) is 46.5 Å². The van der Waals surface area contributed by atoms with E-state index in [4.69, 9.17) is 8.83 Å². The Morgan fingerprint density at radius 1 is 0.933 bits per heavy atom. The van der Waals surface area contributed by atoms with Crippen LogP contribution in [-0.2, 0) is 0 Å². The Morgan fingerprint density at radius 3 is 2.53 bits per heavy atom. The van der Waals surface area contributed by atoms with Gasteiger partial charge >= 0.3 is 5.63 Å². The van der Waals surface area contributed by atoms with Gasteiger partial charge in [0.15, 0.2) is 0 Å². The van der Waals surface area contributed by atoms with Crippen LogP contribution in [0.15, 0.2) is 44.0 Å². The molecular weight excluding hydrogens is 192 g/mol. The van der Waals surface area contributed by atoms with Gasteiger partial charge in [-0.05, 0) is 31.2 Å². The summed E-state index contributed by atoms with van der Waals surface area (Å²) in [5, 5.41) is 1.82. The fraction of sp³-hybridized carbons (Fsp3) is 0.0833. The van der Waals surface area contributed by atoms with E-state index in [-0.39, 0.29) is 5.63 Å². The van der Waals surface area contributed by atoms with Crippen LogP contribution in [0.2, 0.25) is 0 Å². The molecule has 0 aliphatic heterocycles. The first-order valence-electron chi connectivity index (χ1n) is 4.66. The van der Waals surface area contributed by atoms with E-state index in [0.717, 1.165) is 22.1 Å². The van der Waals surface area contributed by atoms with E-state index in [1.54, 1.807) is 6.07 Å². The molecule has 0 atom stereocenters. The summed E-state index contributed by atoms with van der Waals surface area (Å²) in [4.78, 5) is 11.0. The van der Waals surface area contributed by atoms with Crippen molar-refractivity contribution < 1.29 is 8.83 Å². The van der Waals surface area contributed by atoms with Crippen molar-refractivity contribution in [2.75, 3.05) is 0 Å². The zero-order valence-corrected chi connectivity index (χ0v) is 8.11. The van der Waals surface area contributed by atoms with E-state index in [1.807, 2.05) is 25.1 Å². The molecule has 3 heteroatoms. The van der Waals surface area contributed by atoms with Gasteiger partial charge in [0.25, 0.3) is 0 Å². The summed E-state index contributed by atoms with van der Waals surface area (Å²) in [5.41, 5.74) is 1.08. The molecule has 15 heavy (non-hydrogen) atoms. The Hall–Kier alpha value is -2.03. The maximum absolute atomic E-state index is 11.0. The zero-order valence-electron chi connectivity index (χ0n) is 8.11. The third kappa shape index (κ3) is 1.24. The number of rotatable bonds is 0. The second-order valence-corrected chi connectivity index (χ2v) is 3.54. The molecule has 0 saturated carbocycles. The highest BCUT2D eigenvalue weighted by Gasteiger charge is 2.04. The van der Waals surface area contributed by atoms with Gasteiger partial charge in [-0.25, -0.2) is 4.79 Å². The molecule has 0 bridgehead atoms. The first-order chi connectivity index (χ1) is 7.22. The van der Waals surface area contributed by atoms with E-state index in [1.165, 1.54) is 6.07 Å². The molecule has 0 fully saturated rings. The molecule has 0 saturated heterocycles. The molecule has 0 N–H and O–H groups in total. The van der Waals surface area contributed by atoms with E-state index in [9.17, 15) is 4.79 Å². The third-order valence-electron chi connectivity index (χ3n) is 2.38. The summed E-state index contributed by atoms with van der Waals surface area (Å²) in [7, 11) is 0. The summed E-state index contributed by atoms with van der Waals surface area (Å²) in [6, 6.07) is 8.76. The number of aryl methyl sites for hydroxylation is 1. The average Bonchev–Trinajstić information content (AvgIpc) is 2.53. The minimum atomic E-state index is -0.331. The molecule has 0 aliphatic carbocycles. The van der Waals surface area contributed by atoms with Crippen molar-refractivity contribution in [2.24, 2.45) is 0 Å². The van der Waals surface area contributed by atoms with Crippen molar-refractivity contribution in [2.45, 2.75) is 6.92 Å². The Morgan fingerprint density at radius 2 is 1.67 bits per heavy atom. The van der Waals surface area contributed by atoms with Gasteiger partial charge in [0.2, 0.25) is 0 Å². The first-order valence-corrected chi connectivity index (χ1v) is 4.66. The second-order valence-electron chi connectivity index (χ2n) is 3.54. The van der Waals surface area contributed by atoms with Crippen LogP contribution in [0.1, 0.15) is 5.76 Å². The predicted octanol–water partition coefficient (Wildman–Crippen LogP) is 2.85. The van der Waals surface area contributed by atoms with E-state index < -0.39 is 0 Å². The average molecular weight is 200 g/mol. The molecule has 3 nitrogen and oxygen atoms in total. The Kier molecular flexibility index (Phi) is 1.51. The molecule has 2 heterocycles. The monoisotopic (exact) mass is 200 g/mol. The lowest BCUT2D eigenvalue weighted by molar-refractivity contribution is 0.560. The summed E-state index contributed by atoms with van der Waals surface area (Å²) >= 11 is 0. The highest BCUT2D eigenvalue weighted by molar-refractivity contribution is 5.93. The molecule has 0 spiro atoms. The third-order valence-corrected chi connectivity index (χ3v) is 2.38. The SMILES string of the molecule is Cc1cc2cc3oc(=O)ccc3cc2o1. The van der Waals surface area contributed by atoms with E-state index in [2.05, 4.69) is 0 Å². The van der Waals surface area contributed by atoms with Crippen LogP contribution in [0, 0.1) is 6.92 Å². The number of fused-ring (bicyclic) bond motifs is 2. The van der Waals surface area contributed by atoms with Gasteiger partial charge in [-0.15, -0.1) is 0 Å². The molecule has 0 aliphatic rings. The lowest BCUT2D eigenvalue weighted by atomic mass is 10.2. The van der Waals surface area contributed by atoms with Gasteiger partial charge in [0.05, 0.1) is 0 Å². The lowest BCUT2D eigenvalue weighted by Gasteiger charge is -1.94. The topological polar surface area (TPSA) is 43.4 Å². The molecule has 0 amide bonds. The standard InChI is InChI=1S/C12H8O3/c1-7-4-9-6-10-8(5-11(9)14-7)2-3-12(13)15-10/h2-6H,1H3. The van der Waals surface area contributed by atoms with Crippen molar-refractivity contribution in [1.29, 1.82) is 0 Å². The van der Waals surface area contributed by atoms with Crippen molar-refractivity contribution in [3.8, 4) is 0 Å². The summed E-state index contributed by atoms with van der Waals surface area (Å²) < 4.78 is 10.6. The fourth-order valence-corrected chi connectivity index (χ4v) is 1.73. The van der Waals surface area contributed by atoms with Gasteiger partial charge in [-0.2, -0.15) is 0 Å². The largest absolute Gasteiger partial charge is 0.461 e. The highest BCUT2D eigenvalue weighted by Crippen LogP contribution is 2.24. The molecule has 0 radical (unpaired) electrons. The Bertz CT molecular complexity index is 704. The minimum Gasteiger partial charge on any atom is -0.461 e. The van der Waals surface area contributed by atoms with Gasteiger partial charge in [-0.3, -0.25) is 0 Å². The van der Waals surface area contributed by atoms with Crippen molar-refractivity contribution in [1.82, 2.24) is 0 Å². The fourth-order valence-electron chi connectivity index (χ4n) is 1.73. The number of hydrogen-bond donors (Lipinski definition) is 0. The van der Waals surface area contributed by atoms with Crippen LogP contribution in [0.4, 0.5) is 0 Å². The van der Waals surface area contributed by atoms with Gasteiger partial charge in [-0.1, -0.05) is 0 Å². The van der Waals surface area contributed by atoms with Crippen LogP contribution < -0.4 is 5.63 Å². The summed E-state index contributed by atoms with van der Waals surface area (Å²) in [6.45, 7) is 1.89. The maximum Gasteiger partial charge on any atom is 0.336 e. The smallest absolute Gasteiger partial charge is 0.336 e. The molecule has 0 unspecified atom stereocenters. The van der Waals surface area contributed by atoms with Gasteiger partial charge in [0, 0.05) is 16.8 Å². The number of furan rings is 1. The molecular formula is C12H8O3. The lowest BCUT2D eigenvalue weighted by Crippen LogP contribution is -1.93. The summed E-state index contributed by atoms with van der Waals surface area (Å²) in [5.74, 6) is 0.850. The molecule has 3 rings (SSSR count). The molecule has 1 aromatic carbocycles. The number of hydrogen-bond acceptors (Lipinski definition) is 3. The van der Waals surface area contributed by atoms with Crippen LogP contribution in [0.5, 0.6) is 0 Å². The van der Waals surface area contributed by atoms with E-state index >= 15 is 0 Å². The van der Waals surface area contributed by atoms with E-state index in [0.29, 0.717) is 5.58 Å². The zero-order chi connectivity index (χ0) is 10.4. The summed E-state index contributed by atoms with van der Waals surface area (Å²) in [6.07, 6.45) is 0. The molecule has 3 aromatic rings. The van der Waals surface area contributed by atoms with Gasteiger partial charge < -0.3 is 8.83 Å². The van der Waals surface area contributed by atoms with Crippen molar-refractivity contribution in [3.63, 3.8) is 0 Å². The van der Waals surface area contributed by atoms with Crippen LogP contribution >= 0.6 is 0 Å². The minimum absolute atomic E-state index is 0.331. The number of benzene rings is 1. The highest BCUT2D eigenvalue weighted by atomic mass is 16.4. The normalized spacial score (nSPS) is 11.3.